The van der Waals surface area contributed by atoms with Crippen LogP contribution in [0.1, 0.15) is 25.0 Å². The van der Waals surface area contributed by atoms with Gasteiger partial charge in [0, 0.05) is 42.3 Å². The number of fused-ring (bicyclic) bond motifs is 9. The van der Waals surface area contributed by atoms with Gasteiger partial charge in [0.1, 0.15) is 0 Å². The van der Waals surface area contributed by atoms with Gasteiger partial charge < -0.3 is 0 Å². The molecule has 2 heterocycles. The third-order valence-corrected chi connectivity index (χ3v) is 12.7. The Morgan fingerprint density at radius 1 is 0.426 bits per heavy atom. The van der Waals surface area contributed by atoms with E-state index in [-0.39, 0.29) is 5.41 Å². The van der Waals surface area contributed by atoms with Gasteiger partial charge in [0.2, 0.25) is 0 Å². The van der Waals surface area contributed by atoms with Gasteiger partial charge in [0.25, 0.3) is 0 Å². The molecule has 1 aliphatic rings. The molecule has 2 aromatic heterocycles. The predicted octanol–water partition coefficient (Wildman–Crippen LogP) is 14.1. The Morgan fingerprint density at radius 2 is 1.07 bits per heavy atom. The standard InChI is InChI=1S/C51H34N2S/c1-51(2)44-29-33(24-25-38(44)40-26-23-31-13-6-7-16-35(31)48(40)51)34-27-28-42(37-18-9-8-17-36(34)37)50-52-45(32-14-4-3-5-15-32)30-46(53-50)43-21-12-20-41-39-19-10-11-22-47(39)54-49(41)43/h3-30H,1-2H3. The maximum atomic E-state index is 5.38. The lowest BCUT2D eigenvalue weighted by molar-refractivity contribution is 0.666. The minimum atomic E-state index is -0.128. The zero-order chi connectivity index (χ0) is 36.0. The molecule has 0 atom stereocenters. The average Bonchev–Trinajstić information content (AvgIpc) is 3.72. The third kappa shape index (κ3) is 4.65. The molecule has 8 aromatic carbocycles. The van der Waals surface area contributed by atoms with Crippen LogP contribution < -0.4 is 0 Å². The zero-order valence-corrected chi connectivity index (χ0v) is 30.8. The van der Waals surface area contributed by atoms with Crippen molar-refractivity contribution < 1.29 is 0 Å². The van der Waals surface area contributed by atoms with Gasteiger partial charge in [-0.05, 0) is 79.2 Å². The lowest BCUT2D eigenvalue weighted by Crippen LogP contribution is -2.15. The monoisotopic (exact) mass is 706 g/mol. The average molecular weight is 707 g/mol. The maximum Gasteiger partial charge on any atom is 0.161 e. The number of rotatable bonds is 4. The number of hydrogen-bond acceptors (Lipinski definition) is 3. The Kier molecular flexibility index (Phi) is 6.80. The molecule has 10 aromatic rings. The molecule has 0 spiro atoms. The van der Waals surface area contributed by atoms with Crippen LogP contribution in [0.3, 0.4) is 0 Å². The molecule has 0 aliphatic heterocycles. The van der Waals surface area contributed by atoms with Crippen molar-refractivity contribution in [1.82, 2.24) is 9.97 Å². The molecule has 254 valence electrons. The van der Waals surface area contributed by atoms with Crippen LogP contribution in [-0.4, -0.2) is 9.97 Å². The van der Waals surface area contributed by atoms with Crippen molar-refractivity contribution in [1.29, 1.82) is 0 Å². The van der Waals surface area contributed by atoms with Crippen molar-refractivity contribution in [3.8, 4) is 56.2 Å². The number of aromatic nitrogens is 2. The quantitative estimate of drug-likeness (QED) is 0.182. The topological polar surface area (TPSA) is 25.8 Å². The second kappa shape index (κ2) is 11.8. The first kappa shape index (κ1) is 31.1. The predicted molar refractivity (Wildman–Crippen MR) is 229 cm³/mol. The highest BCUT2D eigenvalue weighted by atomic mass is 32.1. The molecular formula is C51H34N2S. The van der Waals surface area contributed by atoms with Crippen LogP contribution in [-0.2, 0) is 5.41 Å². The molecule has 0 saturated carbocycles. The van der Waals surface area contributed by atoms with Crippen molar-refractivity contribution in [2.75, 3.05) is 0 Å². The van der Waals surface area contributed by atoms with Gasteiger partial charge >= 0.3 is 0 Å². The molecule has 3 heteroatoms. The Labute approximate surface area is 318 Å². The number of nitrogens with zero attached hydrogens (tertiary/aromatic N) is 2. The number of hydrogen-bond donors (Lipinski definition) is 0. The summed E-state index contributed by atoms with van der Waals surface area (Å²) in [5, 5.41) is 7.51. The summed E-state index contributed by atoms with van der Waals surface area (Å²) in [4.78, 5) is 10.7. The Bertz CT molecular complexity index is 3130. The molecule has 0 unspecified atom stereocenters. The molecule has 0 fully saturated rings. The molecule has 0 amide bonds. The van der Waals surface area contributed by atoms with Crippen molar-refractivity contribution in [3.05, 3.63) is 181 Å². The first-order valence-electron chi connectivity index (χ1n) is 18.6. The third-order valence-electron chi connectivity index (χ3n) is 11.5. The highest BCUT2D eigenvalue weighted by Crippen LogP contribution is 2.52. The van der Waals surface area contributed by atoms with E-state index in [9.17, 15) is 0 Å². The second-order valence-electron chi connectivity index (χ2n) is 14.9. The number of benzene rings is 8. The van der Waals surface area contributed by atoms with E-state index >= 15 is 0 Å². The van der Waals surface area contributed by atoms with Gasteiger partial charge in [-0.2, -0.15) is 0 Å². The van der Waals surface area contributed by atoms with Crippen molar-refractivity contribution in [2.24, 2.45) is 0 Å². The van der Waals surface area contributed by atoms with Gasteiger partial charge in [-0.1, -0.05) is 159 Å². The summed E-state index contributed by atoms with van der Waals surface area (Å²) < 4.78 is 2.53. The van der Waals surface area contributed by atoms with E-state index in [0.29, 0.717) is 0 Å². The minimum absolute atomic E-state index is 0.128. The summed E-state index contributed by atoms with van der Waals surface area (Å²) in [5.74, 6) is 0.727. The lowest BCUT2D eigenvalue weighted by Gasteiger charge is -2.24. The van der Waals surface area contributed by atoms with Gasteiger partial charge in [-0.3, -0.25) is 0 Å². The molecule has 0 radical (unpaired) electrons. The summed E-state index contributed by atoms with van der Waals surface area (Å²) in [5.41, 5.74) is 12.8. The van der Waals surface area contributed by atoms with Crippen molar-refractivity contribution in [3.63, 3.8) is 0 Å². The largest absolute Gasteiger partial charge is 0.228 e. The van der Waals surface area contributed by atoms with Crippen LogP contribution in [0.2, 0.25) is 0 Å². The fraction of sp³-hybridized carbons (Fsp3) is 0.0588. The van der Waals surface area contributed by atoms with Crippen molar-refractivity contribution in [2.45, 2.75) is 19.3 Å². The van der Waals surface area contributed by atoms with Crippen molar-refractivity contribution >= 4 is 53.1 Å². The fourth-order valence-corrected chi connectivity index (χ4v) is 10.1. The first-order valence-corrected chi connectivity index (χ1v) is 19.4. The molecule has 1 aliphatic carbocycles. The molecule has 0 bridgehead atoms. The van der Waals surface area contributed by atoms with E-state index in [1.807, 2.05) is 11.3 Å². The zero-order valence-electron chi connectivity index (χ0n) is 30.0. The van der Waals surface area contributed by atoms with Gasteiger partial charge in [-0.15, -0.1) is 11.3 Å². The molecule has 54 heavy (non-hydrogen) atoms. The summed E-state index contributed by atoms with van der Waals surface area (Å²) in [6.07, 6.45) is 0. The normalized spacial score (nSPS) is 13.1. The smallest absolute Gasteiger partial charge is 0.161 e. The van der Waals surface area contributed by atoms with Crippen LogP contribution >= 0.6 is 11.3 Å². The highest BCUT2D eigenvalue weighted by Gasteiger charge is 2.37. The van der Waals surface area contributed by atoms with E-state index in [1.165, 1.54) is 69.7 Å². The molecule has 2 nitrogen and oxygen atoms in total. The molecular weight excluding hydrogens is 673 g/mol. The Balaban J connectivity index is 1.09. The SMILES string of the molecule is CC1(C)c2cc(-c3ccc(-c4nc(-c5ccccc5)cc(-c5cccc6c5sc5ccccc56)n4)c4ccccc34)ccc2-c2ccc3ccccc3c21. The number of thiophene rings is 1. The summed E-state index contributed by atoms with van der Waals surface area (Å²) in [7, 11) is 0. The van der Waals surface area contributed by atoms with Crippen LogP contribution in [0.25, 0.3) is 97.9 Å². The lowest BCUT2D eigenvalue weighted by atomic mass is 9.79. The molecule has 11 rings (SSSR count). The molecule has 0 saturated heterocycles. The summed E-state index contributed by atoms with van der Waals surface area (Å²) in [6, 6.07) is 61.6. The second-order valence-corrected chi connectivity index (χ2v) is 16.0. The van der Waals surface area contributed by atoms with Crippen LogP contribution in [0.15, 0.2) is 170 Å². The summed E-state index contributed by atoms with van der Waals surface area (Å²) >= 11 is 1.83. The van der Waals surface area contributed by atoms with Gasteiger partial charge in [0.05, 0.1) is 11.4 Å². The fourth-order valence-electron chi connectivity index (χ4n) is 8.92. The van der Waals surface area contributed by atoms with Crippen LogP contribution in [0.4, 0.5) is 0 Å². The Morgan fingerprint density at radius 3 is 1.93 bits per heavy atom. The van der Waals surface area contributed by atoms with Crippen LogP contribution in [0.5, 0.6) is 0 Å². The molecule has 0 N–H and O–H groups in total. The van der Waals surface area contributed by atoms with Gasteiger partial charge in [0.15, 0.2) is 5.82 Å². The first-order chi connectivity index (χ1) is 26.5. The van der Waals surface area contributed by atoms with E-state index in [1.54, 1.807) is 0 Å². The van der Waals surface area contributed by atoms with Crippen LogP contribution in [0, 0.1) is 0 Å². The maximum absolute atomic E-state index is 5.38. The van der Waals surface area contributed by atoms with E-state index < -0.39 is 0 Å². The van der Waals surface area contributed by atoms with E-state index in [4.69, 9.17) is 9.97 Å². The van der Waals surface area contributed by atoms with E-state index in [2.05, 4.69) is 184 Å². The van der Waals surface area contributed by atoms with Gasteiger partial charge in [-0.25, -0.2) is 9.97 Å². The summed E-state index contributed by atoms with van der Waals surface area (Å²) in [6.45, 7) is 4.76. The highest BCUT2D eigenvalue weighted by molar-refractivity contribution is 7.26. The minimum Gasteiger partial charge on any atom is -0.228 e. The van der Waals surface area contributed by atoms with E-state index in [0.717, 1.165) is 39.3 Å². The Hall–Kier alpha value is -6.42.